The van der Waals surface area contributed by atoms with E-state index in [0.717, 1.165) is 21.2 Å². The van der Waals surface area contributed by atoms with Crippen LogP contribution in [0.2, 0.25) is 0 Å². The lowest BCUT2D eigenvalue weighted by atomic mass is 10.2. The minimum absolute atomic E-state index is 0.670. The molecule has 0 aliphatic heterocycles. The summed E-state index contributed by atoms with van der Waals surface area (Å²) in [6.45, 7) is 4.09. The maximum absolute atomic E-state index is 5.89. The quantitative estimate of drug-likeness (QED) is 0.201. The average molecular weight is 390 g/mol. The molecular formula is C24H23NO2S. The molecule has 3 aromatic carbocycles. The number of hydrogen-bond donors (Lipinski definition) is 0. The number of aliphatic imine (C=N–C) groups is 1. The maximum atomic E-state index is 5.89. The predicted octanol–water partition coefficient (Wildman–Crippen LogP) is 6.81. The molecular weight excluding hydrogens is 366 g/mol. The zero-order valence-electron chi connectivity index (χ0n) is 16.3. The summed E-state index contributed by atoms with van der Waals surface area (Å²) >= 11 is 1.62. The van der Waals surface area contributed by atoms with Gasteiger partial charge in [0.05, 0.1) is 19.1 Å². The van der Waals surface area contributed by atoms with Crippen LogP contribution in [0.1, 0.15) is 12.5 Å². The van der Waals surface area contributed by atoms with E-state index in [9.17, 15) is 0 Å². The van der Waals surface area contributed by atoms with Crippen molar-refractivity contribution in [3.8, 4) is 11.5 Å². The Hall–Kier alpha value is -2.98. The lowest BCUT2D eigenvalue weighted by Crippen LogP contribution is -1.98. The van der Waals surface area contributed by atoms with E-state index in [2.05, 4.69) is 31.2 Å². The molecule has 0 bridgehead atoms. The molecule has 0 aromatic heterocycles. The summed E-state index contributed by atoms with van der Waals surface area (Å²) in [5, 5.41) is 0.881. The van der Waals surface area contributed by atoms with Gasteiger partial charge >= 0.3 is 0 Å². The number of para-hydroxylation sites is 3. The Morgan fingerprint density at radius 2 is 1.61 bits per heavy atom. The van der Waals surface area contributed by atoms with Crippen LogP contribution in [0, 0.1) is 6.92 Å². The van der Waals surface area contributed by atoms with E-state index in [1.54, 1.807) is 25.1 Å². The van der Waals surface area contributed by atoms with Gasteiger partial charge in [0.25, 0.3) is 0 Å². The van der Waals surface area contributed by atoms with Crippen molar-refractivity contribution in [2.75, 3.05) is 7.11 Å². The Balaban J connectivity index is 1.90. The van der Waals surface area contributed by atoms with Crippen LogP contribution in [-0.2, 0) is 0 Å². The lowest BCUT2D eigenvalue weighted by Gasteiger charge is -2.10. The van der Waals surface area contributed by atoms with Crippen LogP contribution in [0.25, 0.3) is 0 Å². The van der Waals surface area contributed by atoms with Crippen LogP contribution < -0.4 is 9.47 Å². The molecule has 0 spiro atoms. The van der Waals surface area contributed by atoms with Crippen LogP contribution in [-0.4, -0.2) is 12.2 Å². The van der Waals surface area contributed by atoms with Crippen LogP contribution in [0.5, 0.6) is 11.5 Å². The monoisotopic (exact) mass is 389 g/mol. The summed E-state index contributed by atoms with van der Waals surface area (Å²) in [6, 6.07) is 25.9. The third-order valence-electron chi connectivity index (χ3n) is 3.96. The van der Waals surface area contributed by atoms with Gasteiger partial charge < -0.3 is 9.47 Å². The second-order valence-electron chi connectivity index (χ2n) is 6.24. The number of methoxy groups -OCH3 is 1. The number of hydrogen-bond acceptors (Lipinski definition) is 4. The Bertz CT molecular complexity index is 981. The first-order valence-corrected chi connectivity index (χ1v) is 9.82. The van der Waals surface area contributed by atoms with Gasteiger partial charge in [0.2, 0.25) is 0 Å². The summed E-state index contributed by atoms with van der Waals surface area (Å²) in [6.07, 6.45) is 1.72. The van der Waals surface area contributed by atoms with Crippen molar-refractivity contribution in [3.63, 3.8) is 0 Å². The van der Waals surface area contributed by atoms with Crippen molar-refractivity contribution in [2.45, 2.75) is 18.7 Å². The van der Waals surface area contributed by atoms with E-state index in [-0.39, 0.29) is 0 Å². The van der Waals surface area contributed by atoms with E-state index in [1.165, 1.54) is 5.56 Å². The van der Waals surface area contributed by atoms with E-state index < -0.39 is 0 Å². The Morgan fingerprint density at radius 1 is 0.893 bits per heavy atom. The Morgan fingerprint density at radius 3 is 2.32 bits per heavy atom. The molecule has 3 nitrogen and oxygen atoms in total. The molecule has 0 saturated heterocycles. The number of aryl methyl sites for hydroxylation is 1. The van der Waals surface area contributed by atoms with Gasteiger partial charge in [-0.2, -0.15) is 0 Å². The predicted molar refractivity (Wildman–Crippen MR) is 118 cm³/mol. The first kappa shape index (κ1) is 19.8. The molecule has 0 aliphatic rings. The molecule has 0 fully saturated rings. The van der Waals surface area contributed by atoms with E-state index in [4.69, 9.17) is 14.5 Å². The fraction of sp³-hybridized carbons (Fsp3) is 0.125. The smallest absolute Gasteiger partial charge is 0.168 e. The van der Waals surface area contributed by atoms with Crippen molar-refractivity contribution in [2.24, 2.45) is 4.99 Å². The van der Waals surface area contributed by atoms with Crippen molar-refractivity contribution in [1.29, 1.82) is 0 Å². The molecule has 0 aliphatic carbocycles. The SMILES string of the molecule is COc1ccccc1OC=C(C)/C(=N\c1ccccc1)Sc1cccc(C)c1. The fourth-order valence-electron chi connectivity index (χ4n) is 2.52. The summed E-state index contributed by atoms with van der Waals surface area (Å²) in [5.41, 5.74) is 3.06. The van der Waals surface area contributed by atoms with E-state index in [0.29, 0.717) is 11.5 Å². The summed E-state index contributed by atoms with van der Waals surface area (Å²) in [4.78, 5) is 5.98. The topological polar surface area (TPSA) is 30.8 Å². The largest absolute Gasteiger partial charge is 0.493 e. The zero-order chi connectivity index (χ0) is 19.8. The van der Waals surface area contributed by atoms with Crippen LogP contribution in [0.3, 0.4) is 0 Å². The van der Waals surface area contributed by atoms with Crippen molar-refractivity contribution < 1.29 is 9.47 Å². The standard InChI is InChI=1S/C24H23NO2S/c1-18-10-9-13-21(16-18)28-24(25-20-11-5-4-6-12-20)19(2)17-27-23-15-8-7-14-22(23)26-3/h4-17H,1-3H3/b19-17?,25-24+. The number of rotatable bonds is 6. The van der Waals surface area contributed by atoms with Gasteiger partial charge in [-0.3, -0.25) is 0 Å². The second-order valence-corrected chi connectivity index (χ2v) is 7.30. The number of nitrogens with zero attached hydrogens (tertiary/aromatic N) is 1. The Kier molecular flexibility index (Phi) is 6.93. The van der Waals surface area contributed by atoms with Gasteiger partial charge in [-0.05, 0) is 50.2 Å². The molecule has 28 heavy (non-hydrogen) atoms. The first-order chi connectivity index (χ1) is 13.7. The highest BCUT2D eigenvalue weighted by atomic mass is 32.2. The van der Waals surface area contributed by atoms with Gasteiger partial charge in [-0.25, -0.2) is 4.99 Å². The van der Waals surface area contributed by atoms with Gasteiger partial charge in [0.15, 0.2) is 11.5 Å². The number of ether oxygens (including phenoxy) is 2. The number of thioether (sulfide) groups is 1. The summed E-state index contributed by atoms with van der Waals surface area (Å²) < 4.78 is 11.2. The summed E-state index contributed by atoms with van der Waals surface area (Å²) in [5.74, 6) is 1.36. The molecule has 0 unspecified atom stereocenters. The lowest BCUT2D eigenvalue weighted by molar-refractivity contribution is 0.377. The normalized spacial score (nSPS) is 12.0. The molecule has 3 aromatic rings. The van der Waals surface area contributed by atoms with Crippen LogP contribution >= 0.6 is 11.8 Å². The van der Waals surface area contributed by atoms with Crippen molar-refractivity contribution in [3.05, 3.63) is 96.3 Å². The molecule has 0 radical (unpaired) electrons. The van der Waals surface area contributed by atoms with Crippen LogP contribution in [0.15, 0.2) is 101 Å². The second kappa shape index (κ2) is 9.81. The van der Waals surface area contributed by atoms with E-state index >= 15 is 0 Å². The molecule has 0 atom stereocenters. The molecule has 0 saturated carbocycles. The molecule has 0 N–H and O–H groups in total. The maximum Gasteiger partial charge on any atom is 0.168 e. The highest BCUT2D eigenvalue weighted by Gasteiger charge is 2.09. The third-order valence-corrected chi connectivity index (χ3v) is 5.06. The highest BCUT2D eigenvalue weighted by Crippen LogP contribution is 2.29. The van der Waals surface area contributed by atoms with Crippen molar-refractivity contribution >= 4 is 22.5 Å². The minimum atomic E-state index is 0.670. The van der Waals surface area contributed by atoms with Gasteiger partial charge in [-0.1, -0.05) is 59.8 Å². The third kappa shape index (κ3) is 5.51. The summed E-state index contributed by atoms with van der Waals surface area (Å²) in [7, 11) is 1.63. The van der Waals surface area contributed by atoms with Crippen LogP contribution in [0.4, 0.5) is 5.69 Å². The molecule has 142 valence electrons. The first-order valence-electron chi connectivity index (χ1n) is 9.01. The number of benzene rings is 3. The minimum Gasteiger partial charge on any atom is -0.493 e. The Labute approximate surface area is 170 Å². The van der Waals surface area contributed by atoms with Crippen molar-refractivity contribution in [1.82, 2.24) is 0 Å². The average Bonchev–Trinajstić information content (AvgIpc) is 2.72. The fourth-order valence-corrected chi connectivity index (χ4v) is 3.50. The van der Waals surface area contributed by atoms with Gasteiger partial charge in [0, 0.05) is 10.5 Å². The highest BCUT2D eigenvalue weighted by molar-refractivity contribution is 8.14. The molecule has 4 heteroatoms. The molecule has 0 amide bonds. The van der Waals surface area contributed by atoms with E-state index in [1.807, 2.05) is 61.5 Å². The molecule has 0 heterocycles. The van der Waals surface area contributed by atoms with Gasteiger partial charge in [0.1, 0.15) is 5.04 Å². The zero-order valence-corrected chi connectivity index (χ0v) is 17.1. The molecule has 3 rings (SSSR count). The van der Waals surface area contributed by atoms with Gasteiger partial charge in [-0.15, -0.1) is 0 Å².